The number of nitrogens with one attached hydrogen (secondary N) is 1. The summed E-state index contributed by atoms with van der Waals surface area (Å²) in [7, 11) is 0. The molecule has 5 nitrogen and oxygen atoms in total. The van der Waals surface area contributed by atoms with Gasteiger partial charge < -0.3 is 14.8 Å². The highest BCUT2D eigenvalue weighted by molar-refractivity contribution is 7.09. The van der Waals surface area contributed by atoms with Gasteiger partial charge in [0, 0.05) is 18.3 Å². The van der Waals surface area contributed by atoms with Crippen molar-refractivity contribution < 1.29 is 14.3 Å². The topological polar surface area (TPSA) is 75.4 Å². The highest BCUT2D eigenvalue weighted by atomic mass is 32.1. The molecular weight excluding hydrogens is 252 g/mol. The van der Waals surface area contributed by atoms with Gasteiger partial charge in [0.1, 0.15) is 12.0 Å². The van der Waals surface area contributed by atoms with Crippen LogP contribution in [0.5, 0.6) is 0 Å². The van der Waals surface area contributed by atoms with Crippen LogP contribution in [0.1, 0.15) is 26.8 Å². The Labute approximate surface area is 108 Å². The number of aromatic nitrogens is 1. The fourth-order valence-electron chi connectivity index (χ4n) is 1.54. The number of hydrogen-bond donors (Lipinski definition) is 2. The summed E-state index contributed by atoms with van der Waals surface area (Å²) >= 11 is 1.64. The van der Waals surface area contributed by atoms with E-state index in [1.54, 1.807) is 11.3 Å². The Morgan fingerprint density at radius 1 is 1.61 bits per heavy atom. The Morgan fingerprint density at radius 3 is 3.06 bits per heavy atom. The van der Waals surface area contributed by atoms with Crippen LogP contribution in [-0.2, 0) is 13.0 Å². The van der Waals surface area contributed by atoms with Crippen LogP contribution in [0.2, 0.25) is 0 Å². The maximum absolute atomic E-state index is 10.6. The molecule has 0 amide bonds. The molecule has 2 aromatic heterocycles. The molecular formula is C12H14N2O3S. The zero-order valence-corrected chi connectivity index (χ0v) is 10.8. The highest BCUT2D eigenvalue weighted by Crippen LogP contribution is 2.09. The van der Waals surface area contributed by atoms with E-state index in [4.69, 9.17) is 9.52 Å². The number of aromatic carboxylic acids is 1. The third-order valence-electron chi connectivity index (χ3n) is 2.42. The van der Waals surface area contributed by atoms with E-state index in [0.29, 0.717) is 12.3 Å². The molecule has 2 aromatic rings. The van der Waals surface area contributed by atoms with Crippen LogP contribution in [0.4, 0.5) is 0 Å². The summed E-state index contributed by atoms with van der Waals surface area (Å²) in [5.74, 6) is -0.343. The fraction of sp³-hybridized carbons (Fsp3) is 0.333. The second-order valence-electron chi connectivity index (χ2n) is 3.89. The first kappa shape index (κ1) is 12.8. The smallest absolute Gasteiger partial charge is 0.338 e. The molecule has 0 aliphatic carbocycles. The maximum atomic E-state index is 10.6. The zero-order valence-electron chi connectivity index (χ0n) is 9.97. The van der Waals surface area contributed by atoms with E-state index < -0.39 is 5.97 Å². The Morgan fingerprint density at radius 2 is 2.44 bits per heavy atom. The van der Waals surface area contributed by atoms with Gasteiger partial charge in [-0.2, -0.15) is 0 Å². The summed E-state index contributed by atoms with van der Waals surface area (Å²) in [5, 5.41) is 15.0. The van der Waals surface area contributed by atoms with Crippen molar-refractivity contribution >= 4 is 17.3 Å². The number of carboxylic acids is 1. The molecule has 2 N–H and O–H groups in total. The van der Waals surface area contributed by atoms with E-state index in [9.17, 15) is 4.79 Å². The summed E-state index contributed by atoms with van der Waals surface area (Å²) in [4.78, 5) is 15.0. The number of carboxylic acid groups (broad SMARTS) is 1. The molecule has 18 heavy (non-hydrogen) atoms. The van der Waals surface area contributed by atoms with E-state index in [1.807, 2.05) is 12.3 Å². The molecule has 0 saturated heterocycles. The quantitative estimate of drug-likeness (QED) is 0.783. The zero-order chi connectivity index (χ0) is 13.0. The minimum absolute atomic E-state index is 0.182. The van der Waals surface area contributed by atoms with Gasteiger partial charge in [-0.3, -0.25) is 0 Å². The minimum Gasteiger partial charge on any atom is -0.478 e. The molecule has 0 atom stereocenters. The lowest BCUT2D eigenvalue weighted by Crippen LogP contribution is -2.16. The molecule has 2 rings (SSSR count). The van der Waals surface area contributed by atoms with E-state index in [0.717, 1.165) is 23.7 Å². The molecule has 0 radical (unpaired) electrons. The van der Waals surface area contributed by atoms with Crippen molar-refractivity contribution in [1.29, 1.82) is 0 Å². The van der Waals surface area contributed by atoms with Crippen molar-refractivity contribution in [2.75, 3.05) is 6.54 Å². The molecule has 0 spiro atoms. The lowest BCUT2D eigenvalue weighted by molar-refractivity contribution is 0.0696. The molecule has 0 aliphatic heterocycles. The summed E-state index contributed by atoms with van der Waals surface area (Å²) in [6, 6.07) is 1.53. The molecule has 0 saturated carbocycles. The molecule has 0 aromatic carbocycles. The summed E-state index contributed by atoms with van der Waals surface area (Å²) in [5.41, 5.74) is 1.26. The standard InChI is InChI=1S/C12H14N2O3S/c1-8-14-10(7-18-8)2-3-13-5-11-4-9(6-17-11)12(15)16/h4,6-7,13H,2-3,5H2,1H3,(H,15,16). The van der Waals surface area contributed by atoms with Crippen molar-refractivity contribution in [3.63, 3.8) is 0 Å². The van der Waals surface area contributed by atoms with Gasteiger partial charge >= 0.3 is 5.97 Å². The molecule has 96 valence electrons. The molecule has 0 unspecified atom stereocenters. The van der Waals surface area contributed by atoms with Crippen molar-refractivity contribution in [3.8, 4) is 0 Å². The van der Waals surface area contributed by atoms with Crippen molar-refractivity contribution in [3.05, 3.63) is 39.7 Å². The first-order chi connectivity index (χ1) is 8.65. The van der Waals surface area contributed by atoms with Crippen LogP contribution < -0.4 is 5.32 Å². The van der Waals surface area contributed by atoms with Gasteiger partial charge in [0.15, 0.2) is 0 Å². The first-order valence-corrected chi connectivity index (χ1v) is 6.45. The Balaban J connectivity index is 1.73. The lowest BCUT2D eigenvalue weighted by Gasteiger charge is -2.00. The Bertz CT molecular complexity index is 533. The van der Waals surface area contributed by atoms with Crippen LogP contribution in [0.3, 0.4) is 0 Å². The largest absolute Gasteiger partial charge is 0.478 e. The van der Waals surface area contributed by atoms with Crippen LogP contribution in [0.25, 0.3) is 0 Å². The van der Waals surface area contributed by atoms with Crippen LogP contribution >= 0.6 is 11.3 Å². The maximum Gasteiger partial charge on any atom is 0.338 e. The van der Waals surface area contributed by atoms with Gasteiger partial charge in [-0.1, -0.05) is 0 Å². The molecule has 6 heteroatoms. The number of nitrogens with zero attached hydrogens (tertiary/aromatic N) is 1. The number of furan rings is 1. The van der Waals surface area contributed by atoms with Gasteiger partial charge in [-0.15, -0.1) is 11.3 Å². The normalized spacial score (nSPS) is 10.7. The Hall–Kier alpha value is -1.66. The average Bonchev–Trinajstić information content (AvgIpc) is 2.93. The molecule has 0 aliphatic rings. The number of aryl methyl sites for hydroxylation is 1. The van der Waals surface area contributed by atoms with E-state index in [2.05, 4.69) is 10.3 Å². The molecule has 2 heterocycles. The third kappa shape index (κ3) is 3.41. The van der Waals surface area contributed by atoms with Crippen LogP contribution in [0, 0.1) is 6.92 Å². The molecule has 0 bridgehead atoms. The highest BCUT2D eigenvalue weighted by Gasteiger charge is 2.07. The Kier molecular flexibility index (Phi) is 4.11. The summed E-state index contributed by atoms with van der Waals surface area (Å²) in [6.45, 7) is 3.29. The van der Waals surface area contributed by atoms with Crippen molar-refractivity contribution in [2.24, 2.45) is 0 Å². The van der Waals surface area contributed by atoms with Gasteiger partial charge in [0.25, 0.3) is 0 Å². The summed E-state index contributed by atoms with van der Waals surface area (Å²) in [6.07, 6.45) is 2.11. The average molecular weight is 266 g/mol. The van der Waals surface area contributed by atoms with E-state index in [-0.39, 0.29) is 5.56 Å². The monoisotopic (exact) mass is 266 g/mol. The van der Waals surface area contributed by atoms with Crippen LogP contribution in [0.15, 0.2) is 22.1 Å². The van der Waals surface area contributed by atoms with Gasteiger partial charge in [0.05, 0.1) is 22.8 Å². The lowest BCUT2D eigenvalue weighted by atomic mass is 10.3. The predicted molar refractivity (Wildman–Crippen MR) is 67.9 cm³/mol. The third-order valence-corrected chi connectivity index (χ3v) is 3.25. The van der Waals surface area contributed by atoms with Gasteiger partial charge in [-0.25, -0.2) is 9.78 Å². The van der Waals surface area contributed by atoms with Gasteiger partial charge in [-0.05, 0) is 13.0 Å². The second-order valence-corrected chi connectivity index (χ2v) is 4.95. The van der Waals surface area contributed by atoms with Crippen LogP contribution in [-0.4, -0.2) is 22.6 Å². The number of carbonyl (C=O) groups is 1. The molecule has 0 fully saturated rings. The van der Waals surface area contributed by atoms with Crippen molar-refractivity contribution in [1.82, 2.24) is 10.3 Å². The predicted octanol–water partition coefficient (Wildman–Crippen LogP) is 2.08. The minimum atomic E-state index is -0.969. The van der Waals surface area contributed by atoms with Crippen molar-refractivity contribution in [2.45, 2.75) is 19.9 Å². The van der Waals surface area contributed by atoms with Gasteiger partial charge in [0.2, 0.25) is 0 Å². The van der Waals surface area contributed by atoms with E-state index >= 15 is 0 Å². The van der Waals surface area contributed by atoms with E-state index in [1.165, 1.54) is 12.3 Å². The fourth-order valence-corrected chi connectivity index (χ4v) is 2.18. The summed E-state index contributed by atoms with van der Waals surface area (Å²) < 4.78 is 5.13. The number of rotatable bonds is 6. The number of thiazole rings is 1. The second kappa shape index (κ2) is 5.79. The first-order valence-electron chi connectivity index (χ1n) is 5.57. The SMILES string of the molecule is Cc1nc(CCNCc2cc(C(=O)O)co2)cs1. The number of hydrogen-bond acceptors (Lipinski definition) is 5.